The lowest BCUT2D eigenvalue weighted by Gasteiger charge is -2.23. The van der Waals surface area contributed by atoms with Gasteiger partial charge in [-0.2, -0.15) is 0 Å². The molecule has 18 heavy (non-hydrogen) atoms. The highest BCUT2D eigenvalue weighted by Crippen LogP contribution is 2.27. The number of carboxylic acid groups (broad SMARTS) is 1. The highest BCUT2D eigenvalue weighted by Gasteiger charge is 2.31. The van der Waals surface area contributed by atoms with Crippen molar-refractivity contribution in [1.82, 2.24) is 0 Å². The number of para-hydroxylation sites is 2. The van der Waals surface area contributed by atoms with Crippen LogP contribution in [0.15, 0.2) is 24.3 Å². The molecule has 0 radical (unpaired) electrons. The third-order valence-corrected chi connectivity index (χ3v) is 3.07. The molecule has 1 unspecified atom stereocenters. The Bertz CT molecular complexity index is 461. The molecule has 6 nitrogen and oxygen atoms in total. The molecule has 0 heterocycles. The molecule has 1 atom stereocenters. The zero-order valence-corrected chi connectivity index (χ0v) is 10.3. The van der Waals surface area contributed by atoms with Crippen LogP contribution in [0.2, 0.25) is 0 Å². The molecular formula is C12H16N2O4. The first kappa shape index (κ1) is 14.0. The number of benzene rings is 1. The van der Waals surface area contributed by atoms with E-state index in [4.69, 9.17) is 5.11 Å². The number of nitro groups is 1. The Balaban J connectivity index is 2.86. The van der Waals surface area contributed by atoms with Crippen molar-refractivity contribution in [1.29, 1.82) is 0 Å². The Morgan fingerprint density at radius 2 is 2.11 bits per heavy atom. The topological polar surface area (TPSA) is 92.5 Å². The van der Waals surface area contributed by atoms with Crippen molar-refractivity contribution >= 4 is 17.3 Å². The number of carbonyl (C=O) groups is 1. The molecule has 1 aromatic rings. The molecule has 1 rings (SSSR count). The van der Waals surface area contributed by atoms with E-state index in [0.29, 0.717) is 12.1 Å². The predicted octanol–water partition coefficient (Wildman–Crippen LogP) is 2.51. The molecule has 1 aromatic carbocycles. The van der Waals surface area contributed by atoms with Gasteiger partial charge >= 0.3 is 5.97 Å². The number of nitrogens with one attached hydrogen (secondary N) is 1. The Hall–Kier alpha value is -2.11. The van der Waals surface area contributed by atoms with Crippen molar-refractivity contribution in [3.8, 4) is 0 Å². The quantitative estimate of drug-likeness (QED) is 0.599. The van der Waals surface area contributed by atoms with Crippen molar-refractivity contribution in [2.75, 3.05) is 11.9 Å². The fourth-order valence-corrected chi connectivity index (χ4v) is 1.42. The van der Waals surface area contributed by atoms with E-state index in [1.165, 1.54) is 6.07 Å². The SMILES string of the molecule is CCC(C)(CNc1ccccc1[N+](=O)[O-])C(=O)O. The van der Waals surface area contributed by atoms with E-state index in [2.05, 4.69) is 5.32 Å². The van der Waals surface area contributed by atoms with Crippen LogP contribution >= 0.6 is 0 Å². The average Bonchev–Trinajstić information content (AvgIpc) is 2.35. The zero-order chi connectivity index (χ0) is 13.8. The molecule has 0 aromatic heterocycles. The van der Waals surface area contributed by atoms with Crippen LogP contribution in [0.5, 0.6) is 0 Å². The van der Waals surface area contributed by atoms with E-state index < -0.39 is 16.3 Å². The minimum absolute atomic E-state index is 0.0543. The van der Waals surface area contributed by atoms with Gasteiger partial charge in [0, 0.05) is 12.6 Å². The minimum atomic E-state index is -0.941. The molecule has 0 aliphatic rings. The highest BCUT2D eigenvalue weighted by atomic mass is 16.6. The maximum absolute atomic E-state index is 11.1. The van der Waals surface area contributed by atoms with Crippen LogP contribution in [-0.4, -0.2) is 22.5 Å². The zero-order valence-electron chi connectivity index (χ0n) is 10.3. The van der Waals surface area contributed by atoms with E-state index in [1.54, 1.807) is 32.0 Å². The lowest BCUT2D eigenvalue weighted by Crippen LogP contribution is -2.34. The van der Waals surface area contributed by atoms with Crippen LogP contribution in [0.4, 0.5) is 11.4 Å². The van der Waals surface area contributed by atoms with Crippen LogP contribution in [0.1, 0.15) is 20.3 Å². The van der Waals surface area contributed by atoms with Crippen LogP contribution in [0.25, 0.3) is 0 Å². The predicted molar refractivity (Wildman–Crippen MR) is 67.6 cm³/mol. The maximum Gasteiger partial charge on any atom is 0.311 e. The van der Waals surface area contributed by atoms with Crippen LogP contribution in [0, 0.1) is 15.5 Å². The van der Waals surface area contributed by atoms with Gasteiger partial charge in [-0.3, -0.25) is 14.9 Å². The smallest absolute Gasteiger partial charge is 0.311 e. The second kappa shape index (κ2) is 5.48. The van der Waals surface area contributed by atoms with Crippen molar-refractivity contribution in [2.45, 2.75) is 20.3 Å². The fraction of sp³-hybridized carbons (Fsp3) is 0.417. The molecule has 2 N–H and O–H groups in total. The lowest BCUT2D eigenvalue weighted by molar-refractivity contribution is -0.384. The summed E-state index contributed by atoms with van der Waals surface area (Å²) in [4.78, 5) is 21.4. The van der Waals surface area contributed by atoms with E-state index in [1.807, 2.05) is 0 Å². The molecule has 0 bridgehead atoms. The summed E-state index contributed by atoms with van der Waals surface area (Å²) in [5.74, 6) is -0.920. The second-order valence-electron chi connectivity index (χ2n) is 4.35. The summed E-state index contributed by atoms with van der Waals surface area (Å²) in [6.45, 7) is 3.52. The normalized spacial score (nSPS) is 13.7. The number of hydrogen-bond donors (Lipinski definition) is 2. The van der Waals surface area contributed by atoms with Gasteiger partial charge in [-0.05, 0) is 19.4 Å². The van der Waals surface area contributed by atoms with Crippen molar-refractivity contribution in [3.05, 3.63) is 34.4 Å². The summed E-state index contributed by atoms with van der Waals surface area (Å²) < 4.78 is 0. The Morgan fingerprint density at radius 3 is 2.61 bits per heavy atom. The number of hydrogen-bond acceptors (Lipinski definition) is 4. The molecule has 0 fully saturated rings. The molecule has 0 spiro atoms. The minimum Gasteiger partial charge on any atom is -0.481 e. The second-order valence-corrected chi connectivity index (χ2v) is 4.35. The number of aliphatic carboxylic acids is 1. The summed E-state index contributed by atoms with van der Waals surface area (Å²) in [5, 5.41) is 22.8. The summed E-state index contributed by atoms with van der Waals surface area (Å²) in [5.41, 5.74) is -0.659. The van der Waals surface area contributed by atoms with Crippen molar-refractivity contribution in [2.24, 2.45) is 5.41 Å². The summed E-state index contributed by atoms with van der Waals surface area (Å²) in [6.07, 6.45) is 0.440. The number of nitrogens with zero attached hydrogens (tertiary/aromatic N) is 1. The van der Waals surface area contributed by atoms with Crippen LogP contribution in [-0.2, 0) is 4.79 Å². The van der Waals surface area contributed by atoms with Crippen LogP contribution in [0.3, 0.4) is 0 Å². The standard InChI is InChI=1S/C12H16N2O4/c1-3-12(2,11(15)16)8-13-9-6-4-5-7-10(9)14(17)18/h4-7,13H,3,8H2,1-2H3,(H,15,16). The molecular weight excluding hydrogens is 236 g/mol. The van der Waals surface area contributed by atoms with E-state index in [-0.39, 0.29) is 12.2 Å². The van der Waals surface area contributed by atoms with Gasteiger partial charge in [-0.1, -0.05) is 19.1 Å². The van der Waals surface area contributed by atoms with E-state index in [0.717, 1.165) is 0 Å². The summed E-state index contributed by atoms with van der Waals surface area (Å²) >= 11 is 0. The van der Waals surface area contributed by atoms with Gasteiger partial charge in [-0.25, -0.2) is 0 Å². The van der Waals surface area contributed by atoms with E-state index >= 15 is 0 Å². The molecule has 0 saturated heterocycles. The molecule has 0 saturated carbocycles. The lowest BCUT2D eigenvalue weighted by atomic mass is 9.87. The van der Waals surface area contributed by atoms with Gasteiger partial charge in [0.05, 0.1) is 10.3 Å². The van der Waals surface area contributed by atoms with Gasteiger partial charge in [0.1, 0.15) is 5.69 Å². The van der Waals surface area contributed by atoms with Gasteiger partial charge in [0.15, 0.2) is 0 Å². The first-order valence-corrected chi connectivity index (χ1v) is 5.61. The maximum atomic E-state index is 11.1. The van der Waals surface area contributed by atoms with Gasteiger partial charge in [0.2, 0.25) is 0 Å². The number of anilines is 1. The van der Waals surface area contributed by atoms with Crippen molar-refractivity contribution < 1.29 is 14.8 Å². The largest absolute Gasteiger partial charge is 0.481 e. The van der Waals surface area contributed by atoms with Gasteiger partial charge < -0.3 is 10.4 Å². The number of nitro benzene ring substituents is 1. The third-order valence-electron chi connectivity index (χ3n) is 3.07. The first-order chi connectivity index (χ1) is 8.40. The number of carboxylic acids is 1. The molecule has 98 valence electrons. The Morgan fingerprint density at radius 1 is 1.50 bits per heavy atom. The first-order valence-electron chi connectivity index (χ1n) is 5.61. The summed E-state index contributed by atoms with van der Waals surface area (Å²) in [6, 6.07) is 6.18. The molecule has 0 amide bonds. The highest BCUT2D eigenvalue weighted by molar-refractivity contribution is 5.75. The fourth-order valence-electron chi connectivity index (χ4n) is 1.42. The molecule has 0 aliphatic heterocycles. The molecule has 6 heteroatoms. The Labute approximate surface area is 105 Å². The third kappa shape index (κ3) is 2.97. The average molecular weight is 252 g/mol. The summed E-state index contributed by atoms with van der Waals surface area (Å²) in [7, 11) is 0. The van der Waals surface area contributed by atoms with Gasteiger partial charge in [0.25, 0.3) is 5.69 Å². The van der Waals surface area contributed by atoms with Crippen LogP contribution < -0.4 is 5.32 Å². The molecule has 0 aliphatic carbocycles. The number of rotatable bonds is 6. The van der Waals surface area contributed by atoms with Crippen molar-refractivity contribution in [3.63, 3.8) is 0 Å². The van der Waals surface area contributed by atoms with E-state index in [9.17, 15) is 14.9 Å². The van der Waals surface area contributed by atoms with Gasteiger partial charge in [-0.15, -0.1) is 0 Å². The monoisotopic (exact) mass is 252 g/mol. The Kier molecular flexibility index (Phi) is 4.25.